The van der Waals surface area contributed by atoms with Crippen LogP contribution in [-0.4, -0.2) is 48.2 Å². The van der Waals surface area contributed by atoms with Gasteiger partial charge in [0.15, 0.2) is 0 Å². The van der Waals surface area contributed by atoms with Crippen molar-refractivity contribution in [2.45, 2.75) is 31.4 Å². The molecule has 4 atom stereocenters. The van der Waals surface area contributed by atoms with Gasteiger partial charge in [0.25, 0.3) is 0 Å². The van der Waals surface area contributed by atoms with Gasteiger partial charge in [-0.2, -0.15) is 0 Å². The van der Waals surface area contributed by atoms with Crippen LogP contribution in [0.15, 0.2) is 36.4 Å². The predicted octanol–water partition coefficient (Wildman–Crippen LogP) is 3.45. The average Bonchev–Trinajstić information content (AvgIpc) is 3.22. The summed E-state index contributed by atoms with van der Waals surface area (Å²) in [6.07, 6.45) is 0.802. The van der Waals surface area contributed by atoms with E-state index in [4.69, 9.17) is 0 Å². The Kier molecular flexibility index (Phi) is 5.90. The lowest BCUT2D eigenvalue weighted by atomic mass is 9.69. The highest BCUT2D eigenvalue weighted by Crippen LogP contribution is 2.47. The number of hydrogen-bond donors (Lipinski definition) is 2. The number of halogens is 4. The Morgan fingerprint density at radius 1 is 1.00 bits per heavy atom. The van der Waals surface area contributed by atoms with Gasteiger partial charge < -0.3 is 10.4 Å². The van der Waals surface area contributed by atoms with Crippen LogP contribution in [-0.2, 0) is 10.4 Å². The van der Waals surface area contributed by atoms with Crippen LogP contribution in [0.1, 0.15) is 30.9 Å². The zero-order valence-corrected chi connectivity index (χ0v) is 18.0. The molecule has 0 spiro atoms. The molecule has 32 heavy (non-hydrogen) atoms. The summed E-state index contributed by atoms with van der Waals surface area (Å²) >= 11 is 0. The van der Waals surface area contributed by atoms with Gasteiger partial charge in [0.2, 0.25) is 0 Å². The Balaban J connectivity index is 1.72. The van der Waals surface area contributed by atoms with E-state index < -0.39 is 46.6 Å². The van der Waals surface area contributed by atoms with Crippen LogP contribution < -0.4 is 5.32 Å². The van der Waals surface area contributed by atoms with Gasteiger partial charge in [-0.3, -0.25) is 4.48 Å². The largest absolute Gasteiger partial charge is 0.384 e. The van der Waals surface area contributed by atoms with Crippen LogP contribution in [0, 0.1) is 35.1 Å². The van der Waals surface area contributed by atoms with Gasteiger partial charge in [0, 0.05) is 31.0 Å². The number of aliphatic hydroxyl groups is 1. The Morgan fingerprint density at radius 3 is 2.19 bits per heavy atom. The monoisotopic (exact) mass is 451 g/mol. The normalized spacial score (nSPS) is 35.1. The third-order valence-electron chi connectivity index (χ3n) is 7.51. The summed E-state index contributed by atoms with van der Waals surface area (Å²) in [7, 11) is 0. The Bertz CT molecular complexity index is 999. The van der Waals surface area contributed by atoms with Crippen molar-refractivity contribution >= 4 is 6.41 Å². The minimum absolute atomic E-state index is 0.0881. The van der Waals surface area contributed by atoms with E-state index in [2.05, 4.69) is 5.32 Å². The van der Waals surface area contributed by atoms with Crippen molar-refractivity contribution in [3.05, 3.63) is 70.8 Å². The van der Waals surface area contributed by atoms with E-state index >= 15 is 0 Å². The van der Waals surface area contributed by atoms with Crippen LogP contribution in [0.3, 0.4) is 0 Å². The standard InChI is InChI=1S/C24H27F4N2O2/c1-14-11-30(13-31,12-15(2)24(14,32)23-19(26)4-3-5-20(23)27)22-10-29-9-18(22)17-7-6-16(25)8-21(17)28/h3-8,13-15,18,22,29,32H,9-12H2,1-2H3/q+1/t14-,15-,18?,22-,24?,30?/m0/s1. The maximum absolute atomic E-state index is 14.6. The van der Waals surface area contributed by atoms with Crippen molar-refractivity contribution in [2.24, 2.45) is 11.8 Å². The van der Waals surface area contributed by atoms with Crippen LogP contribution in [0.5, 0.6) is 0 Å². The molecule has 2 fully saturated rings. The zero-order chi connectivity index (χ0) is 23.3. The molecular formula is C24H27F4N2O2+. The number of nitrogens with one attached hydrogen (secondary N) is 1. The van der Waals surface area contributed by atoms with Gasteiger partial charge in [-0.05, 0) is 23.8 Å². The maximum atomic E-state index is 14.6. The van der Waals surface area contributed by atoms with Crippen molar-refractivity contribution in [1.82, 2.24) is 5.32 Å². The zero-order valence-electron chi connectivity index (χ0n) is 18.0. The summed E-state index contributed by atoms with van der Waals surface area (Å²) in [4.78, 5) is 12.5. The number of quaternary nitrogens is 1. The molecule has 2 aliphatic heterocycles. The van der Waals surface area contributed by atoms with Gasteiger partial charge >= 0.3 is 6.41 Å². The van der Waals surface area contributed by atoms with Crippen LogP contribution in [0.25, 0.3) is 0 Å². The number of nitrogens with zero attached hydrogens (tertiary/aromatic N) is 1. The predicted molar refractivity (Wildman–Crippen MR) is 110 cm³/mol. The minimum atomic E-state index is -1.80. The highest BCUT2D eigenvalue weighted by atomic mass is 19.1. The minimum Gasteiger partial charge on any atom is -0.384 e. The second-order valence-corrected chi connectivity index (χ2v) is 9.30. The van der Waals surface area contributed by atoms with Crippen LogP contribution in [0.4, 0.5) is 17.6 Å². The number of rotatable bonds is 4. The SMILES string of the molecule is C[C@H]1C[N+](C=O)([C@H]2CNCC2c2ccc(F)cc2F)C[C@H](C)C1(O)c1c(F)cccc1F. The van der Waals surface area contributed by atoms with Gasteiger partial charge in [-0.1, -0.05) is 26.0 Å². The Morgan fingerprint density at radius 2 is 1.62 bits per heavy atom. The van der Waals surface area contributed by atoms with Gasteiger partial charge in [-0.15, -0.1) is 0 Å². The summed E-state index contributed by atoms with van der Waals surface area (Å²) in [5.41, 5.74) is -1.86. The average molecular weight is 451 g/mol. The highest BCUT2D eigenvalue weighted by Gasteiger charge is 2.58. The third-order valence-corrected chi connectivity index (χ3v) is 7.51. The molecule has 1 unspecified atom stereocenters. The van der Waals surface area contributed by atoms with E-state index in [0.717, 1.165) is 24.6 Å². The number of likely N-dealkylation sites (tertiary alicyclic amines) is 1. The quantitative estimate of drug-likeness (QED) is 0.425. The lowest BCUT2D eigenvalue weighted by Crippen LogP contribution is -2.68. The summed E-state index contributed by atoms with van der Waals surface area (Å²) < 4.78 is 57.1. The van der Waals surface area contributed by atoms with E-state index in [1.807, 2.05) is 0 Å². The Hall–Kier alpha value is -2.29. The first kappa shape index (κ1) is 22.9. The Labute approximate surface area is 184 Å². The number of carbonyl (C=O) groups excluding carboxylic acids is 1. The summed E-state index contributed by atoms with van der Waals surface area (Å²) in [6, 6.07) is 6.52. The molecule has 0 aromatic heterocycles. The first-order valence-corrected chi connectivity index (χ1v) is 10.8. The second-order valence-electron chi connectivity index (χ2n) is 9.30. The topological polar surface area (TPSA) is 49.3 Å². The molecule has 0 aliphatic carbocycles. The van der Waals surface area contributed by atoms with E-state index in [0.29, 0.717) is 18.7 Å². The molecule has 172 valence electrons. The molecule has 2 aromatic carbocycles. The summed E-state index contributed by atoms with van der Waals surface area (Å²) in [6.45, 7) is 4.44. The fourth-order valence-electron chi connectivity index (χ4n) is 5.99. The van der Waals surface area contributed by atoms with Gasteiger partial charge in [0.1, 0.15) is 34.9 Å². The summed E-state index contributed by atoms with van der Waals surface area (Å²) in [5, 5.41) is 14.7. The number of amides is 1. The highest BCUT2D eigenvalue weighted by molar-refractivity contribution is 5.41. The molecule has 2 aliphatic rings. The molecule has 2 aromatic rings. The smallest absolute Gasteiger partial charge is 0.301 e. The molecule has 4 rings (SSSR count). The van der Waals surface area contributed by atoms with Crippen molar-refractivity contribution in [2.75, 3.05) is 26.2 Å². The van der Waals surface area contributed by atoms with Crippen molar-refractivity contribution in [3.63, 3.8) is 0 Å². The third kappa shape index (κ3) is 3.45. The molecule has 2 saturated heterocycles. The first-order valence-electron chi connectivity index (χ1n) is 10.8. The van der Waals surface area contributed by atoms with E-state index in [-0.39, 0.29) is 29.2 Å². The first-order chi connectivity index (χ1) is 15.1. The molecule has 2 heterocycles. The molecule has 4 nitrogen and oxygen atoms in total. The maximum Gasteiger partial charge on any atom is 0.301 e. The second kappa shape index (κ2) is 8.24. The van der Waals surface area contributed by atoms with E-state index in [1.54, 1.807) is 13.8 Å². The van der Waals surface area contributed by atoms with Gasteiger partial charge in [0.05, 0.1) is 24.6 Å². The molecule has 0 saturated carbocycles. The number of piperidine rings is 1. The number of hydrogen-bond acceptors (Lipinski definition) is 3. The van der Waals surface area contributed by atoms with Crippen LogP contribution in [0.2, 0.25) is 0 Å². The van der Waals surface area contributed by atoms with Crippen LogP contribution >= 0.6 is 0 Å². The van der Waals surface area contributed by atoms with Crippen molar-refractivity contribution in [1.29, 1.82) is 0 Å². The summed E-state index contributed by atoms with van der Waals surface area (Å²) in [5.74, 6) is -4.72. The molecular weight excluding hydrogens is 424 g/mol. The lowest BCUT2D eigenvalue weighted by molar-refractivity contribution is -0.886. The fourth-order valence-corrected chi connectivity index (χ4v) is 5.99. The van der Waals surface area contributed by atoms with E-state index in [9.17, 15) is 27.5 Å². The number of carbonyl (C=O) groups is 1. The lowest BCUT2D eigenvalue weighted by Gasteiger charge is -2.53. The molecule has 0 radical (unpaired) electrons. The fraction of sp³-hybridized carbons (Fsp3) is 0.458. The van der Waals surface area contributed by atoms with Crippen molar-refractivity contribution < 1.29 is 31.9 Å². The van der Waals surface area contributed by atoms with Crippen molar-refractivity contribution in [3.8, 4) is 0 Å². The molecule has 8 heteroatoms. The number of benzene rings is 2. The van der Waals surface area contributed by atoms with Gasteiger partial charge in [-0.25, -0.2) is 22.4 Å². The molecule has 2 N–H and O–H groups in total. The van der Waals surface area contributed by atoms with E-state index in [1.165, 1.54) is 18.2 Å². The molecule has 0 bridgehead atoms. The molecule has 1 amide bonds.